The molecule has 1 aromatic heterocycles. The lowest BCUT2D eigenvalue weighted by Crippen LogP contribution is -2.21. The summed E-state index contributed by atoms with van der Waals surface area (Å²) in [5.41, 5.74) is 0.923. The number of nitrogens with zero attached hydrogens (tertiary/aromatic N) is 2. The minimum Gasteiger partial charge on any atom is -0.319 e. The van der Waals surface area contributed by atoms with Crippen molar-refractivity contribution < 1.29 is 0 Å². The summed E-state index contributed by atoms with van der Waals surface area (Å²) >= 11 is 0. The molecule has 1 rings (SSSR count). The maximum absolute atomic E-state index is 11.2. The lowest BCUT2D eigenvalue weighted by atomic mass is 10.3. The molecule has 0 aliphatic carbocycles. The van der Waals surface area contributed by atoms with Gasteiger partial charge in [0, 0.05) is 25.7 Å². The van der Waals surface area contributed by atoms with Crippen LogP contribution in [-0.4, -0.2) is 23.1 Å². The van der Waals surface area contributed by atoms with Gasteiger partial charge in [-0.2, -0.15) is 0 Å². The summed E-state index contributed by atoms with van der Waals surface area (Å²) in [6, 6.07) is 0. The Morgan fingerprint density at radius 3 is 3.00 bits per heavy atom. The minimum absolute atomic E-state index is 0.0318. The molecule has 0 amide bonds. The van der Waals surface area contributed by atoms with Crippen molar-refractivity contribution in [1.29, 1.82) is 0 Å². The molecule has 13 heavy (non-hydrogen) atoms. The first-order chi connectivity index (χ1) is 6.27. The normalized spacial score (nSPS) is 10.3. The van der Waals surface area contributed by atoms with Crippen LogP contribution >= 0.6 is 0 Å². The van der Waals surface area contributed by atoms with Crippen molar-refractivity contribution in [2.75, 3.05) is 13.6 Å². The van der Waals surface area contributed by atoms with Gasteiger partial charge < -0.3 is 9.88 Å². The van der Waals surface area contributed by atoms with Gasteiger partial charge in [-0.15, -0.1) is 0 Å². The molecule has 0 bridgehead atoms. The fourth-order valence-corrected chi connectivity index (χ4v) is 1.12. The molecule has 4 heteroatoms. The fourth-order valence-electron chi connectivity index (χ4n) is 1.12. The maximum Gasteiger partial charge on any atom is 0.268 e. The molecule has 0 spiro atoms. The van der Waals surface area contributed by atoms with Crippen LogP contribution in [0, 0.1) is 0 Å². The van der Waals surface area contributed by atoms with E-state index < -0.39 is 0 Å². The fraction of sp³-hybridized carbons (Fsp3) is 0.556. The van der Waals surface area contributed by atoms with Crippen LogP contribution in [0.4, 0.5) is 0 Å². The van der Waals surface area contributed by atoms with E-state index in [0.29, 0.717) is 6.54 Å². The molecule has 0 fully saturated rings. The Kier molecular flexibility index (Phi) is 3.64. The van der Waals surface area contributed by atoms with Crippen molar-refractivity contribution in [2.24, 2.45) is 0 Å². The zero-order chi connectivity index (χ0) is 9.68. The Bertz CT molecular complexity index is 319. The first-order valence-corrected chi connectivity index (χ1v) is 4.48. The van der Waals surface area contributed by atoms with Crippen molar-refractivity contribution in [3.05, 3.63) is 28.4 Å². The Morgan fingerprint density at radius 2 is 2.38 bits per heavy atom. The molecule has 1 N–H and O–H groups in total. The number of rotatable bonds is 4. The summed E-state index contributed by atoms with van der Waals surface area (Å²) in [6.07, 6.45) is 4.06. The molecule has 0 atom stereocenters. The van der Waals surface area contributed by atoms with E-state index in [-0.39, 0.29) is 5.56 Å². The topological polar surface area (TPSA) is 46.9 Å². The minimum atomic E-state index is -0.0318. The first kappa shape index (κ1) is 9.92. The molecule has 0 radical (unpaired) electrons. The van der Waals surface area contributed by atoms with E-state index in [9.17, 15) is 4.79 Å². The predicted octanol–water partition coefficient (Wildman–Crippen LogP) is 0.0251. The third-order valence-corrected chi connectivity index (χ3v) is 1.90. The summed E-state index contributed by atoms with van der Waals surface area (Å²) in [7, 11) is 1.90. The van der Waals surface area contributed by atoms with Crippen LogP contribution in [-0.2, 0) is 13.0 Å². The highest BCUT2D eigenvalue weighted by atomic mass is 16.1. The van der Waals surface area contributed by atoms with Gasteiger partial charge in [0.05, 0.1) is 11.9 Å². The van der Waals surface area contributed by atoms with Gasteiger partial charge in [-0.25, -0.2) is 0 Å². The smallest absolute Gasteiger partial charge is 0.268 e. The molecular weight excluding hydrogens is 166 g/mol. The van der Waals surface area contributed by atoms with Crippen LogP contribution in [0.1, 0.15) is 12.6 Å². The lowest BCUT2D eigenvalue weighted by Gasteiger charge is -2.03. The maximum atomic E-state index is 11.2. The second-order valence-corrected chi connectivity index (χ2v) is 2.86. The summed E-state index contributed by atoms with van der Waals surface area (Å²) in [4.78, 5) is 15.2. The molecule has 0 aromatic carbocycles. The van der Waals surface area contributed by atoms with E-state index in [4.69, 9.17) is 0 Å². The number of aromatic nitrogens is 2. The van der Waals surface area contributed by atoms with Gasteiger partial charge in [0.1, 0.15) is 0 Å². The molecular formula is C9H15N3O. The van der Waals surface area contributed by atoms with Crippen LogP contribution in [0.25, 0.3) is 0 Å². The number of aryl methyl sites for hydroxylation is 1. The van der Waals surface area contributed by atoms with Gasteiger partial charge in [-0.1, -0.05) is 0 Å². The lowest BCUT2D eigenvalue weighted by molar-refractivity contribution is 0.690. The average molecular weight is 181 g/mol. The second-order valence-electron chi connectivity index (χ2n) is 2.86. The van der Waals surface area contributed by atoms with Gasteiger partial charge in [0.15, 0.2) is 0 Å². The molecule has 4 nitrogen and oxygen atoms in total. The Balaban J connectivity index is 2.80. The number of hydrogen-bond donors (Lipinski definition) is 1. The number of nitrogens with one attached hydrogen (secondary N) is 1. The molecule has 1 aromatic rings. The largest absolute Gasteiger partial charge is 0.319 e. The van der Waals surface area contributed by atoms with E-state index in [0.717, 1.165) is 18.7 Å². The second kappa shape index (κ2) is 4.77. The highest BCUT2D eigenvalue weighted by molar-refractivity contribution is 4.97. The zero-order valence-corrected chi connectivity index (χ0v) is 8.08. The summed E-state index contributed by atoms with van der Waals surface area (Å²) in [5, 5.41) is 3.04. The van der Waals surface area contributed by atoms with Crippen LogP contribution in [0.5, 0.6) is 0 Å². The SMILES string of the molecule is CCn1cc(CCNC)ncc1=O. The van der Waals surface area contributed by atoms with Crippen LogP contribution in [0.3, 0.4) is 0 Å². The first-order valence-electron chi connectivity index (χ1n) is 4.48. The van der Waals surface area contributed by atoms with Gasteiger partial charge in [-0.3, -0.25) is 9.78 Å². The third kappa shape index (κ3) is 2.66. The summed E-state index contributed by atoms with van der Waals surface area (Å²) < 4.78 is 1.66. The molecule has 0 saturated heterocycles. The highest BCUT2D eigenvalue weighted by Gasteiger charge is 1.97. The van der Waals surface area contributed by atoms with Gasteiger partial charge in [0.2, 0.25) is 0 Å². The van der Waals surface area contributed by atoms with Crippen LogP contribution < -0.4 is 10.9 Å². The van der Waals surface area contributed by atoms with Crippen molar-refractivity contribution in [3.63, 3.8) is 0 Å². The molecule has 0 aliphatic heterocycles. The Morgan fingerprint density at radius 1 is 1.62 bits per heavy atom. The van der Waals surface area contributed by atoms with Crippen molar-refractivity contribution in [3.8, 4) is 0 Å². The summed E-state index contributed by atoms with van der Waals surface area (Å²) in [6.45, 7) is 3.53. The van der Waals surface area contributed by atoms with E-state index in [2.05, 4.69) is 10.3 Å². The van der Waals surface area contributed by atoms with E-state index in [1.165, 1.54) is 6.20 Å². The molecule has 0 unspecified atom stereocenters. The standard InChI is InChI=1S/C9H15N3O/c1-3-12-7-8(4-5-10-2)11-6-9(12)13/h6-7,10H,3-5H2,1-2H3. The quantitative estimate of drug-likeness (QED) is 0.712. The predicted molar refractivity (Wildman–Crippen MR) is 51.8 cm³/mol. The van der Waals surface area contributed by atoms with Crippen molar-refractivity contribution in [2.45, 2.75) is 19.9 Å². The van der Waals surface area contributed by atoms with Crippen LogP contribution in [0.15, 0.2) is 17.2 Å². The van der Waals surface area contributed by atoms with E-state index >= 15 is 0 Å². The third-order valence-electron chi connectivity index (χ3n) is 1.90. The van der Waals surface area contributed by atoms with E-state index in [1.54, 1.807) is 4.57 Å². The molecule has 0 saturated carbocycles. The highest BCUT2D eigenvalue weighted by Crippen LogP contribution is 1.91. The monoisotopic (exact) mass is 181 g/mol. The van der Waals surface area contributed by atoms with Gasteiger partial charge in [-0.05, 0) is 14.0 Å². The van der Waals surface area contributed by atoms with Crippen LogP contribution in [0.2, 0.25) is 0 Å². The van der Waals surface area contributed by atoms with E-state index in [1.807, 2.05) is 20.2 Å². The number of hydrogen-bond acceptors (Lipinski definition) is 3. The Hall–Kier alpha value is -1.16. The van der Waals surface area contributed by atoms with Crippen molar-refractivity contribution >= 4 is 0 Å². The molecule has 0 aliphatic rings. The molecule has 72 valence electrons. The van der Waals surface area contributed by atoms with Gasteiger partial charge >= 0.3 is 0 Å². The summed E-state index contributed by atoms with van der Waals surface area (Å²) in [5.74, 6) is 0. The van der Waals surface area contributed by atoms with Crippen molar-refractivity contribution in [1.82, 2.24) is 14.9 Å². The number of likely N-dealkylation sites (N-methyl/N-ethyl adjacent to an activating group) is 1. The average Bonchev–Trinajstić information content (AvgIpc) is 2.16. The van der Waals surface area contributed by atoms with Gasteiger partial charge in [0.25, 0.3) is 5.56 Å². The Labute approximate surface area is 77.6 Å². The zero-order valence-electron chi connectivity index (χ0n) is 8.08. The molecule has 1 heterocycles.